The van der Waals surface area contributed by atoms with Crippen LogP contribution in [0.1, 0.15) is 0 Å². The van der Waals surface area contributed by atoms with Crippen molar-refractivity contribution >= 4 is 68.3 Å². The van der Waals surface area contributed by atoms with Gasteiger partial charge in [0.25, 0.3) is 0 Å². The van der Waals surface area contributed by atoms with Gasteiger partial charge < -0.3 is 15.7 Å². The second-order valence-electron chi connectivity index (χ2n) is 7.22. The fourth-order valence-corrected chi connectivity index (χ4v) is 5.31. The Morgan fingerprint density at radius 2 is 1.50 bits per heavy atom. The fraction of sp³-hybridized carbons (Fsp3) is 0.0952. The summed E-state index contributed by atoms with van der Waals surface area (Å²) in [5.74, 6) is -0.0425. The van der Waals surface area contributed by atoms with Crippen LogP contribution in [0, 0.1) is 0 Å². The van der Waals surface area contributed by atoms with Crippen LogP contribution < -0.4 is 10.6 Å². The van der Waals surface area contributed by atoms with Gasteiger partial charge in [0, 0.05) is 17.4 Å². The highest BCUT2D eigenvalue weighted by molar-refractivity contribution is 8.00. The molecule has 36 heavy (non-hydrogen) atoms. The SMILES string of the molecule is O=C(CSc1cn[nH]n1)Nc1ccc(-c2nc3ccc(NC(=O)CSc4cn[nH]n4)cc3s2)c(O)c1. The maximum Gasteiger partial charge on any atom is 0.234 e. The van der Waals surface area contributed by atoms with Crippen molar-refractivity contribution in [3.05, 3.63) is 48.8 Å². The van der Waals surface area contributed by atoms with E-state index in [1.165, 1.54) is 47.1 Å². The molecule has 182 valence electrons. The van der Waals surface area contributed by atoms with E-state index in [9.17, 15) is 14.7 Å². The first kappa shape index (κ1) is 23.8. The number of fused-ring (bicyclic) bond motifs is 1. The number of hydrogen-bond acceptors (Lipinski definition) is 11. The molecule has 0 aliphatic heterocycles. The number of thiazole rings is 1. The molecule has 5 rings (SSSR count). The second-order valence-corrected chi connectivity index (χ2v) is 10.2. The van der Waals surface area contributed by atoms with Crippen molar-refractivity contribution in [2.45, 2.75) is 10.1 Å². The number of nitrogens with one attached hydrogen (secondary N) is 4. The predicted molar refractivity (Wildman–Crippen MR) is 138 cm³/mol. The highest BCUT2D eigenvalue weighted by Crippen LogP contribution is 2.37. The van der Waals surface area contributed by atoms with Crippen LogP contribution in [0.5, 0.6) is 5.75 Å². The van der Waals surface area contributed by atoms with Crippen LogP contribution >= 0.6 is 34.9 Å². The molecule has 0 bridgehead atoms. The van der Waals surface area contributed by atoms with Crippen LogP contribution in [0.2, 0.25) is 0 Å². The van der Waals surface area contributed by atoms with E-state index < -0.39 is 0 Å². The van der Waals surface area contributed by atoms with E-state index in [0.717, 1.165) is 10.2 Å². The first-order chi connectivity index (χ1) is 17.5. The summed E-state index contributed by atoms with van der Waals surface area (Å²) in [6.07, 6.45) is 3.09. The third kappa shape index (κ3) is 5.81. The zero-order valence-electron chi connectivity index (χ0n) is 18.3. The zero-order valence-corrected chi connectivity index (χ0v) is 20.7. The van der Waals surface area contributed by atoms with Gasteiger partial charge >= 0.3 is 0 Å². The van der Waals surface area contributed by atoms with Crippen LogP contribution in [0.4, 0.5) is 11.4 Å². The molecule has 0 aliphatic carbocycles. The Bertz CT molecular complexity index is 1500. The summed E-state index contributed by atoms with van der Waals surface area (Å²) in [5.41, 5.74) is 2.40. The van der Waals surface area contributed by atoms with Gasteiger partial charge in [-0.2, -0.15) is 20.6 Å². The number of aromatic hydroxyl groups is 1. The molecule has 12 nitrogen and oxygen atoms in total. The smallest absolute Gasteiger partial charge is 0.234 e. The highest BCUT2D eigenvalue weighted by Gasteiger charge is 2.14. The summed E-state index contributed by atoms with van der Waals surface area (Å²) in [4.78, 5) is 29.0. The van der Waals surface area contributed by atoms with E-state index in [0.29, 0.717) is 32.0 Å². The van der Waals surface area contributed by atoms with Gasteiger partial charge in [-0.25, -0.2) is 4.98 Å². The number of carbonyl (C=O) groups excluding carboxylic acids is 2. The number of amides is 2. The van der Waals surface area contributed by atoms with Crippen molar-refractivity contribution in [3.63, 3.8) is 0 Å². The Hall–Kier alpha value is -3.95. The van der Waals surface area contributed by atoms with Crippen molar-refractivity contribution in [2.75, 3.05) is 22.1 Å². The number of anilines is 2. The molecule has 0 saturated heterocycles. The number of H-pyrrole nitrogens is 2. The first-order valence-corrected chi connectivity index (χ1v) is 13.1. The number of phenols is 1. The minimum absolute atomic E-state index is 0.00517. The Balaban J connectivity index is 1.23. The first-order valence-electron chi connectivity index (χ1n) is 10.3. The minimum Gasteiger partial charge on any atom is -0.507 e. The van der Waals surface area contributed by atoms with Gasteiger partial charge in [-0.3, -0.25) is 9.59 Å². The van der Waals surface area contributed by atoms with Crippen LogP contribution in [0.25, 0.3) is 20.8 Å². The van der Waals surface area contributed by atoms with E-state index in [-0.39, 0.29) is 29.1 Å². The van der Waals surface area contributed by atoms with Gasteiger partial charge in [-0.15, -0.1) is 21.5 Å². The maximum atomic E-state index is 12.3. The molecule has 0 saturated carbocycles. The monoisotopic (exact) mass is 539 g/mol. The third-order valence-electron chi connectivity index (χ3n) is 4.67. The number of rotatable bonds is 9. The van der Waals surface area contributed by atoms with Gasteiger partial charge in [0.15, 0.2) is 0 Å². The summed E-state index contributed by atoms with van der Waals surface area (Å²) < 4.78 is 0.855. The van der Waals surface area contributed by atoms with Gasteiger partial charge in [-0.1, -0.05) is 23.5 Å². The average molecular weight is 540 g/mol. The van der Waals surface area contributed by atoms with Crippen LogP contribution in [-0.2, 0) is 9.59 Å². The van der Waals surface area contributed by atoms with Gasteiger partial charge in [0.1, 0.15) is 20.8 Å². The number of aromatic amines is 2. The van der Waals surface area contributed by atoms with Gasteiger partial charge in [-0.05, 0) is 30.3 Å². The van der Waals surface area contributed by atoms with E-state index in [1.807, 2.05) is 12.1 Å². The number of benzene rings is 2. The zero-order chi connectivity index (χ0) is 24.9. The molecule has 0 atom stereocenters. The molecule has 5 aromatic rings. The summed E-state index contributed by atoms with van der Waals surface area (Å²) in [7, 11) is 0. The number of nitrogens with zero attached hydrogens (tertiary/aromatic N) is 5. The molecule has 5 N–H and O–H groups in total. The van der Waals surface area contributed by atoms with Crippen molar-refractivity contribution in [1.82, 2.24) is 35.8 Å². The molecule has 0 spiro atoms. The van der Waals surface area contributed by atoms with Crippen LogP contribution in [-0.4, -0.2) is 64.2 Å². The molecule has 0 radical (unpaired) electrons. The molecular weight excluding hydrogens is 522 g/mol. The lowest BCUT2D eigenvalue weighted by molar-refractivity contribution is -0.114. The Morgan fingerprint density at radius 1 is 0.889 bits per heavy atom. The summed E-state index contributed by atoms with van der Waals surface area (Å²) in [5, 5.41) is 38.3. The molecular formula is C21H17N9O3S3. The number of phenolic OH excluding ortho intramolecular Hbond substituents is 1. The molecule has 15 heteroatoms. The topological polar surface area (TPSA) is 174 Å². The quantitative estimate of drug-likeness (QED) is 0.175. The Labute approximate surface area is 215 Å². The number of carbonyl (C=O) groups is 2. The molecule has 0 aliphatic rings. The van der Waals surface area contributed by atoms with Crippen molar-refractivity contribution in [1.29, 1.82) is 0 Å². The number of hydrogen-bond donors (Lipinski definition) is 5. The van der Waals surface area contributed by atoms with E-state index in [1.54, 1.807) is 24.4 Å². The second kappa shape index (κ2) is 10.8. The third-order valence-corrected chi connectivity index (χ3v) is 7.52. The normalized spacial score (nSPS) is 11.0. The van der Waals surface area contributed by atoms with E-state index in [2.05, 4.69) is 46.4 Å². The van der Waals surface area contributed by atoms with Crippen molar-refractivity contribution in [3.8, 4) is 16.3 Å². The predicted octanol–water partition coefficient (Wildman–Crippen LogP) is 3.37. The minimum atomic E-state index is -0.232. The molecule has 2 amide bonds. The molecule has 0 fully saturated rings. The van der Waals surface area contributed by atoms with Gasteiger partial charge in [0.05, 0.1) is 39.7 Å². The largest absolute Gasteiger partial charge is 0.507 e. The van der Waals surface area contributed by atoms with E-state index >= 15 is 0 Å². The van der Waals surface area contributed by atoms with E-state index in [4.69, 9.17) is 0 Å². The summed E-state index contributed by atoms with van der Waals surface area (Å²) in [6.45, 7) is 0. The lowest BCUT2D eigenvalue weighted by Crippen LogP contribution is -2.13. The van der Waals surface area contributed by atoms with Crippen molar-refractivity contribution in [2.24, 2.45) is 0 Å². The summed E-state index contributed by atoms with van der Waals surface area (Å²) in [6, 6.07) is 10.3. The average Bonchev–Trinajstić information content (AvgIpc) is 3.63. The van der Waals surface area contributed by atoms with Crippen LogP contribution in [0.15, 0.2) is 58.8 Å². The molecule has 0 unspecified atom stereocenters. The number of aromatic nitrogens is 7. The van der Waals surface area contributed by atoms with Gasteiger partial charge in [0.2, 0.25) is 11.8 Å². The molecule has 3 heterocycles. The summed E-state index contributed by atoms with van der Waals surface area (Å²) >= 11 is 3.91. The lowest BCUT2D eigenvalue weighted by Gasteiger charge is -2.07. The standard InChI is InChI=1S/C21H17N9O3S3/c31-15-5-11(24-17(32)9-34-19-7-22-29-27-19)1-3-13(15)21-26-14-4-2-12(6-16(14)36-21)25-18(33)10-35-20-8-23-30-28-20/h1-8,31H,9-10H2,(H,24,32)(H,25,33)(H,22,27,29)(H,23,28,30). The lowest BCUT2D eigenvalue weighted by atomic mass is 10.2. The Morgan fingerprint density at radius 3 is 2.08 bits per heavy atom. The molecule has 3 aromatic heterocycles. The number of thioether (sulfide) groups is 2. The Kier molecular flexibility index (Phi) is 7.11. The van der Waals surface area contributed by atoms with Crippen molar-refractivity contribution < 1.29 is 14.7 Å². The highest BCUT2D eigenvalue weighted by atomic mass is 32.2. The maximum absolute atomic E-state index is 12.3. The van der Waals surface area contributed by atoms with Crippen LogP contribution in [0.3, 0.4) is 0 Å². The fourth-order valence-electron chi connectivity index (χ4n) is 3.10. The molecule has 2 aromatic carbocycles.